The lowest BCUT2D eigenvalue weighted by Gasteiger charge is -2.29. The van der Waals surface area contributed by atoms with Crippen molar-refractivity contribution in [2.75, 3.05) is 13.4 Å². The number of hydrogen-bond acceptors (Lipinski definition) is 4. The van der Waals surface area contributed by atoms with Crippen molar-refractivity contribution in [1.82, 2.24) is 0 Å². The minimum atomic E-state index is -0.126. The van der Waals surface area contributed by atoms with E-state index in [0.717, 1.165) is 23.1 Å². The van der Waals surface area contributed by atoms with Crippen LogP contribution in [0.15, 0.2) is 23.3 Å². The van der Waals surface area contributed by atoms with Crippen LogP contribution in [0, 0.1) is 5.92 Å². The van der Waals surface area contributed by atoms with Crippen LogP contribution in [0.5, 0.6) is 0 Å². The van der Waals surface area contributed by atoms with Crippen LogP contribution in [0.25, 0.3) is 0 Å². The van der Waals surface area contributed by atoms with E-state index in [-0.39, 0.29) is 30.0 Å². The molecule has 2 heterocycles. The summed E-state index contributed by atoms with van der Waals surface area (Å²) in [4.78, 5) is 12.1. The van der Waals surface area contributed by atoms with Gasteiger partial charge in [0.15, 0.2) is 5.78 Å². The second-order valence-electron chi connectivity index (χ2n) is 5.73. The van der Waals surface area contributed by atoms with Crippen molar-refractivity contribution in [3.05, 3.63) is 23.3 Å². The smallest absolute Gasteiger partial charge is 0.159 e. The highest BCUT2D eigenvalue weighted by Gasteiger charge is 2.46. The largest absolute Gasteiger partial charge is 0.368 e. The molecule has 19 heavy (non-hydrogen) atoms. The Morgan fingerprint density at radius 2 is 2.05 bits per heavy atom. The molecule has 2 saturated heterocycles. The first-order valence-corrected chi connectivity index (χ1v) is 6.81. The Kier molecular flexibility index (Phi) is 3.33. The Bertz CT molecular complexity index is 451. The zero-order valence-electron chi connectivity index (χ0n) is 11.5. The fourth-order valence-corrected chi connectivity index (χ4v) is 3.15. The normalized spacial score (nSPS) is 38.7. The monoisotopic (exact) mass is 264 g/mol. The Labute approximate surface area is 113 Å². The molecule has 104 valence electrons. The summed E-state index contributed by atoms with van der Waals surface area (Å²) in [7, 11) is 0. The minimum Gasteiger partial charge on any atom is -0.368 e. The molecule has 3 aliphatic rings. The van der Waals surface area contributed by atoms with Gasteiger partial charge < -0.3 is 14.2 Å². The summed E-state index contributed by atoms with van der Waals surface area (Å²) < 4.78 is 16.9. The predicted octanol–water partition coefficient (Wildman–Crippen LogP) is 2.00. The average molecular weight is 264 g/mol. The fraction of sp³-hybridized carbons (Fsp3) is 0.667. The molecule has 0 saturated carbocycles. The Balaban J connectivity index is 1.87. The maximum atomic E-state index is 12.1. The quantitative estimate of drug-likeness (QED) is 0.716. The molecule has 0 amide bonds. The SMILES string of the molecule is C=C(C)C1CC(=O)C(C)=C(C2OCC3OCOC32)C1. The number of hydrogen-bond donors (Lipinski definition) is 0. The number of ether oxygens (including phenoxy) is 3. The summed E-state index contributed by atoms with van der Waals surface area (Å²) in [6.45, 7) is 8.77. The van der Waals surface area contributed by atoms with Crippen LogP contribution in [-0.2, 0) is 19.0 Å². The van der Waals surface area contributed by atoms with E-state index < -0.39 is 0 Å². The average Bonchev–Trinajstić information content (AvgIpc) is 2.94. The third kappa shape index (κ3) is 2.18. The van der Waals surface area contributed by atoms with Crippen molar-refractivity contribution in [3.63, 3.8) is 0 Å². The van der Waals surface area contributed by atoms with Crippen LogP contribution in [0.4, 0.5) is 0 Å². The molecule has 0 aromatic heterocycles. The highest BCUT2D eigenvalue weighted by Crippen LogP contribution is 2.39. The van der Waals surface area contributed by atoms with Gasteiger partial charge in [-0.3, -0.25) is 4.79 Å². The van der Waals surface area contributed by atoms with Gasteiger partial charge in [-0.15, -0.1) is 0 Å². The Hall–Kier alpha value is -0.970. The summed E-state index contributed by atoms with van der Waals surface area (Å²) >= 11 is 0. The van der Waals surface area contributed by atoms with Crippen molar-refractivity contribution >= 4 is 5.78 Å². The molecule has 0 N–H and O–H groups in total. The van der Waals surface area contributed by atoms with Crippen molar-refractivity contribution in [3.8, 4) is 0 Å². The first-order valence-electron chi connectivity index (χ1n) is 6.81. The van der Waals surface area contributed by atoms with E-state index in [1.165, 1.54) is 0 Å². The number of Topliss-reactive ketones (excluding diaryl/α,β-unsaturated/α-hetero) is 1. The van der Waals surface area contributed by atoms with E-state index in [1.54, 1.807) is 0 Å². The van der Waals surface area contributed by atoms with Crippen molar-refractivity contribution in [1.29, 1.82) is 0 Å². The lowest BCUT2D eigenvalue weighted by molar-refractivity contribution is -0.117. The first-order chi connectivity index (χ1) is 9.08. The number of carbonyl (C=O) groups is 1. The van der Waals surface area contributed by atoms with Gasteiger partial charge >= 0.3 is 0 Å². The molecular formula is C15H20O4. The molecule has 0 aromatic rings. The van der Waals surface area contributed by atoms with Gasteiger partial charge in [0.2, 0.25) is 0 Å². The molecule has 3 rings (SSSR count). The zero-order valence-corrected chi connectivity index (χ0v) is 11.5. The lowest BCUT2D eigenvalue weighted by Crippen LogP contribution is -2.33. The summed E-state index contributed by atoms with van der Waals surface area (Å²) in [5.74, 6) is 0.441. The van der Waals surface area contributed by atoms with Gasteiger partial charge in [-0.2, -0.15) is 0 Å². The van der Waals surface area contributed by atoms with Crippen LogP contribution in [-0.4, -0.2) is 37.5 Å². The standard InChI is InChI=1S/C15H20O4/c1-8(2)10-4-11(9(3)12(16)5-10)14-15-13(6-17-14)18-7-19-15/h10,13-15H,1,4-7H2,2-3H3. The molecule has 4 heteroatoms. The molecule has 4 nitrogen and oxygen atoms in total. The van der Waals surface area contributed by atoms with Gasteiger partial charge in [0.25, 0.3) is 0 Å². The zero-order chi connectivity index (χ0) is 13.6. The van der Waals surface area contributed by atoms with E-state index in [2.05, 4.69) is 6.58 Å². The summed E-state index contributed by atoms with van der Waals surface area (Å²) in [6.07, 6.45) is 1.26. The second-order valence-corrected chi connectivity index (χ2v) is 5.73. The van der Waals surface area contributed by atoms with Gasteiger partial charge in [0.1, 0.15) is 25.1 Å². The van der Waals surface area contributed by atoms with E-state index >= 15 is 0 Å². The fourth-order valence-electron chi connectivity index (χ4n) is 3.15. The van der Waals surface area contributed by atoms with E-state index in [4.69, 9.17) is 14.2 Å². The maximum Gasteiger partial charge on any atom is 0.159 e. The van der Waals surface area contributed by atoms with Crippen molar-refractivity contribution in [2.24, 2.45) is 5.92 Å². The Morgan fingerprint density at radius 3 is 2.79 bits per heavy atom. The molecule has 0 aromatic carbocycles. The topological polar surface area (TPSA) is 44.8 Å². The molecule has 0 bridgehead atoms. The van der Waals surface area contributed by atoms with Gasteiger partial charge in [-0.1, -0.05) is 12.2 Å². The molecule has 4 unspecified atom stereocenters. The van der Waals surface area contributed by atoms with Crippen LogP contribution in [0.1, 0.15) is 26.7 Å². The lowest BCUT2D eigenvalue weighted by atomic mass is 9.78. The van der Waals surface area contributed by atoms with Gasteiger partial charge in [0, 0.05) is 6.42 Å². The van der Waals surface area contributed by atoms with Gasteiger partial charge in [0.05, 0.1) is 6.61 Å². The third-order valence-corrected chi connectivity index (χ3v) is 4.49. The number of carbonyl (C=O) groups excluding carboxylic acids is 1. The number of fused-ring (bicyclic) bond motifs is 1. The summed E-state index contributed by atoms with van der Waals surface area (Å²) in [6, 6.07) is 0. The highest BCUT2D eigenvalue weighted by molar-refractivity contribution is 5.97. The number of ketones is 1. The maximum absolute atomic E-state index is 12.1. The minimum absolute atomic E-state index is 0.0191. The van der Waals surface area contributed by atoms with Gasteiger partial charge in [-0.05, 0) is 37.3 Å². The first kappa shape index (κ1) is 13.0. The molecule has 0 radical (unpaired) electrons. The molecule has 0 spiro atoms. The summed E-state index contributed by atoms with van der Waals surface area (Å²) in [5, 5.41) is 0. The molecule has 2 fully saturated rings. The molecule has 2 aliphatic heterocycles. The van der Waals surface area contributed by atoms with E-state index in [9.17, 15) is 4.79 Å². The molecule has 4 atom stereocenters. The second kappa shape index (κ2) is 4.85. The van der Waals surface area contributed by atoms with E-state index in [0.29, 0.717) is 19.8 Å². The molecule has 1 aliphatic carbocycles. The van der Waals surface area contributed by atoms with Crippen LogP contribution >= 0.6 is 0 Å². The van der Waals surface area contributed by atoms with Crippen LogP contribution < -0.4 is 0 Å². The predicted molar refractivity (Wildman–Crippen MR) is 69.6 cm³/mol. The van der Waals surface area contributed by atoms with Gasteiger partial charge in [-0.25, -0.2) is 0 Å². The van der Waals surface area contributed by atoms with Crippen molar-refractivity contribution < 1.29 is 19.0 Å². The highest BCUT2D eigenvalue weighted by atomic mass is 16.7. The third-order valence-electron chi connectivity index (χ3n) is 4.49. The molecular weight excluding hydrogens is 244 g/mol. The van der Waals surface area contributed by atoms with Crippen LogP contribution in [0.3, 0.4) is 0 Å². The number of allylic oxidation sites excluding steroid dienone is 2. The van der Waals surface area contributed by atoms with Crippen molar-refractivity contribution in [2.45, 2.75) is 45.0 Å². The van der Waals surface area contributed by atoms with Crippen LogP contribution in [0.2, 0.25) is 0 Å². The van der Waals surface area contributed by atoms with E-state index in [1.807, 2.05) is 13.8 Å². The summed E-state index contributed by atoms with van der Waals surface area (Å²) in [5.41, 5.74) is 3.00. The Morgan fingerprint density at radius 1 is 1.26 bits per heavy atom. The number of rotatable bonds is 2.